The second-order valence-electron chi connectivity index (χ2n) is 4.74. The fourth-order valence-electron chi connectivity index (χ4n) is 2.66. The van der Waals surface area contributed by atoms with E-state index < -0.39 is 6.04 Å². The van der Waals surface area contributed by atoms with Crippen molar-refractivity contribution in [3.05, 3.63) is 47.5 Å². The molecule has 4 heteroatoms. The first-order valence-electron chi connectivity index (χ1n) is 6.48. The van der Waals surface area contributed by atoms with Gasteiger partial charge < -0.3 is 0 Å². The molecule has 4 nitrogen and oxygen atoms in total. The third kappa shape index (κ3) is 1.53. The zero-order chi connectivity index (χ0) is 14.3. The highest BCUT2D eigenvalue weighted by molar-refractivity contribution is 6.25. The van der Waals surface area contributed by atoms with Crippen molar-refractivity contribution in [2.75, 3.05) is 0 Å². The highest BCUT2D eigenvalue weighted by Gasteiger charge is 2.36. The van der Waals surface area contributed by atoms with Gasteiger partial charge in [0.15, 0.2) is 0 Å². The lowest BCUT2D eigenvalue weighted by atomic mass is 9.93. The number of imide groups is 1. The van der Waals surface area contributed by atoms with Crippen molar-refractivity contribution in [2.24, 2.45) is 0 Å². The molecule has 0 N–H and O–H groups in total. The SMILES string of the molecule is CCC(C#N)N1C(=O)c2cccc3cccc(c23)C1=O. The van der Waals surface area contributed by atoms with Crippen LogP contribution in [0.1, 0.15) is 34.1 Å². The normalized spacial score (nSPS) is 15.3. The van der Waals surface area contributed by atoms with Crippen molar-refractivity contribution in [1.29, 1.82) is 5.26 Å². The summed E-state index contributed by atoms with van der Waals surface area (Å²) >= 11 is 0. The van der Waals surface area contributed by atoms with Gasteiger partial charge in [-0.15, -0.1) is 0 Å². The number of benzene rings is 2. The number of rotatable bonds is 2. The van der Waals surface area contributed by atoms with Crippen LogP contribution in [0.4, 0.5) is 0 Å². The lowest BCUT2D eigenvalue weighted by Crippen LogP contribution is -2.46. The largest absolute Gasteiger partial charge is 0.269 e. The van der Waals surface area contributed by atoms with Gasteiger partial charge in [-0.05, 0) is 23.9 Å². The van der Waals surface area contributed by atoms with Crippen LogP contribution in [0.5, 0.6) is 0 Å². The van der Waals surface area contributed by atoms with Crippen LogP contribution in [-0.2, 0) is 0 Å². The van der Waals surface area contributed by atoms with Gasteiger partial charge in [0.25, 0.3) is 11.8 Å². The van der Waals surface area contributed by atoms with Gasteiger partial charge in [-0.3, -0.25) is 14.5 Å². The molecule has 2 aromatic carbocycles. The maximum atomic E-state index is 12.5. The van der Waals surface area contributed by atoms with E-state index in [2.05, 4.69) is 0 Å². The van der Waals surface area contributed by atoms with E-state index in [0.29, 0.717) is 22.9 Å². The minimum absolute atomic E-state index is 0.382. The number of nitriles is 1. The molecular formula is C16H12N2O2. The van der Waals surface area contributed by atoms with E-state index in [1.807, 2.05) is 18.2 Å². The Morgan fingerprint density at radius 2 is 1.65 bits per heavy atom. The molecule has 0 bridgehead atoms. The van der Waals surface area contributed by atoms with Gasteiger partial charge in [0.05, 0.1) is 6.07 Å². The van der Waals surface area contributed by atoms with Gasteiger partial charge in [0.1, 0.15) is 6.04 Å². The summed E-state index contributed by atoms with van der Waals surface area (Å²) in [5, 5.41) is 10.7. The molecule has 1 heterocycles. The average molecular weight is 264 g/mol. The second-order valence-corrected chi connectivity index (χ2v) is 4.74. The fraction of sp³-hybridized carbons (Fsp3) is 0.188. The zero-order valence-corrected chi connectivity index (χ0v) is 11.0. The molecule has 0 aliphatic carbocycles. The van der Waals surface area contributed by atoms with Crippen molar-refractivity contribution < 1.29 is 9.59 Å². The Bertz CT molecular complexity index is 723. The fourth-order valence-corrected chi connectivity index (χ4v) is 2.66. The quantitative estimate of drug-likeness (QED) is 0.783. The highest BCUT2D eigenvalue weighted by Crippen LogP contribution is 2.31. The molecule has 1 atom stereocenters. The molecule has 1 aliphatic rings. The van der Waals surface area contributed by atoms with Crippen LogP contribution in [0, 0.1) is 11.3 Å². The molecule has 20 heavy (non-hydrogen) atoms. The lowest BCUT2D eigenvalue weighted by molar-refractivity contribution is 0.0571. The Kier molecular flexibility index (Phi) is 2.76. The predicted molar refractivity (Wildman–Crippen MR) is 74.1 cm³/mol. The van der Waals surface area contributed by atoms with Crippen molar-refractivity contribution in [3.63, 3.8) is 0 Å². The minimum atomic E-state index is -0.724. The number of hydrogen-bond acceptors (Lipinski definition) is 3. The summed E-state index contributed by atoms with van der Waals surface area (Å²) in [7, 11) is 0. The van der Waals surface area contributed by atoms with Crippen LogP contribution >= 0.6 is 0 Å². The van der Waals surface area contributed by atoms with Gasteiger partial charge in [-0.2, -0.15) is 5.26 Å². The van der Waals surface area contributed by atoms with E-state index >= 15 is 0 Å². The molecule has 1 aliphatic heterocycles. The van der Waals surface area contributed by atoms with E-state index in [4.69, 9.17) is 5.26 Å². The van der Waals surface area contributed by atoms with E-state index in [0.717, 1.165) is 10.3 Å². The molecule has 0 saturated carbocycles. The van der Waals surface area contributed by atoms with E-state index in [-0.39, 0.29) is 11.8 Å². The van der Waals surface area contributed by atoms with E-state index in [9.17, 15) is 9.59 Å². The van der Waals surface area contributed by atoms with Crippen LogP contribution < -0.4 is 0 Å². The molecule has 0 radical (unpaired) electrons. The summed E-state index contributed by atoms with van der Waals surface area (Å²) in [6, 6.07) is 12.1. The molecule has 0 spiro atoms. The number of amides is 2. The van der Waals surface area contributed by atoms with Crippen LogP contribution in [0.2, 0.25) is 0 Å². The summed E-state index contributed by atoms with van der Waals surface area (Å²) in [6.07, 6.45) is 0.423. The summed E-state index contributed by atoms with van der Waals surface area (Å²) in [4.78, 5) is 26.1. The van der Waals surface area contributed by atoms with Crippen molar-refractivity contribution in [1.82, 2.24) is 4.90 Å². The average Bonchev–Trinajstić information content (AvgIpc) is 2.49. The van der Waals surface area contributed by atoms with Gasteiger partial charge in [0, 0.05) is 16.5 Å². The molecular weight excluding hydrogens is 252 g/mol. The van der Waals surface area contributed by atoms with Gasteiger partial charge in [-0.25, -0.2) is 0 Å². The van der Waals surface area contributed by atoms with Crippen LogP contribution in [0.3, 0.4) is 0 Å². The first-order valence-corrected chi connectivity index (χ1v) is 6.48. The molecule has 0 saturated heterocycles. The first-order chi connectivity index (χ1) is 9.69. The Morgan fingerprint density at radius 1 is 1.10 bits per heavy atom. The smallest absolute Gasteiger partial charge is 0.262 e. The maximum absolute atomic E-state index is 12.5. The molecule has 3 rings (SSSR count). The molecule has 2 amide bonds. The Labute approximate surface area is 116 Å². The van der Waals surface area contributed by atoms with Crippen LogP contribution in [0.15, 0.2) is 36.4 Å². The molecule has 0 aromatic heterocycles. The third-order valence-corrected chi connectivity index (χ3v) is 3.65. The maximum Gasteiger partial charge on any atom is 0.262 e. The van der Waals surface area contributed by atoms with E-state index in [1.54, 1.807) is 31.2 Å². The van der Waals surface area contributed by atoms with Crippen LogP contribution in [-0.4, -0.2) is 22.8 Å². The molecule has 2 aromatic rings. The highest BCUT2D eigenvalue weighted by atomic mass is 16.2. The summed E-state index contributed by atoms with van der Waals surface area (Å²) < 4.78 is 0. The number of hydrogen-bond donors (Lipinski definition) is 0. The monoisotopic (exact) mass is 264 g/mol. The first kappa shape index (κ1) is 12.4. The van der Waals surface area contributed by atoms with Crippen molar-refractivity contribution >= 4 is 22.6 Å². The van der Waals surface area contributed by atoms with E-state index in [1.165, 1.54) is 0 Å². The zero-order valence-electron chi connectivity index (χ0n) is 11.0. The molecule has 1 unspecified atom stereocenters. The Hall–Kier alpha value is -2.67. The van der Waals surface area contributed by atoms with Crippen LogP contribution in [0.25, 0.3) is 10.8 Å². The summed E-state index contributed by atoms with van der Waals surface area (Å²) in [5.41, 5.74) is 0.984. The van der Waals surface area contributed by atoms with Gasteiger partial charge in [-0.1, -0.05) is 31.2 Å². The Balaban J connectivity index is 2.30. The van der Waals surface area contributed by atoms with Gasteiger partial charge >= 0.3 is 0 Å². The number of carbonyl (C=O) groups is 2. The molecule has 0 fully saturated rings. The number of carbonyl (C=O) groups excluding carboxylic acids is 2. The number of nitrogens with zero attached hydrogens (tertiary/aromatic N) is 2. The second kappa shape index (κ2) is 4.46. The Morgan fingerprint density at radius 3 is 2.10 bits per heavy atom. The molecule has 98 valence electrons. The van der Waals surface area contributed by atoms with Crippen molar-refractivity contribution in [3.8, 4) is 6.07 Å². The van der Waals surface area contributed by atoms with Gasteiger partial charge in [0.2, 0.25) is 0 Å². The topological polar surface area (TPSA) is 61.2 Å². The summed E-state index contributed by atoms with van der Waals surface area (Å²) in [6.45, 7) is 1.79. The third-order valence-electron chi connectivity index (χ3n) is 3.65. The predicted octanol–water partition coefficient (Wildman–Crippen LogP) is 2.74. The standard InChI is InChI=1S/C16H12N2O2/c1-2-11(9-17)18-15(19)12-7-3-5-10-6-4-8-13(14(10)12)16(18)20/h3-8,11H,2H2,1H3. The summed E-state index contributed by atoms with van der Waals surface area (Å²) in [5.74, 6) is -0.764. The lowest BCUT2D eigenvalue weighted by Gasteiger charge is -2.29. The van der Waals surface area contributed by atoms with Crippen molar-refractivity contribution in [2.45, 2.75) is 19.4 Å². The minimum Gasteiger partial charge on any atom is -0.269 e.